The lowest BCUT2D eigenvalue weighted by molar-refractivity contribution is -0.149. The van der Waals surface area contributed by atoms with E-state index in [0.29, 0.717) is 39.0 Å². The number of nitrogens with one attached hydrogen (secondary N) is 1. The van der Waals surface area contributed by atoms with Gasteiger partial charge in [-0.2, -0.15) is 0 Å². The van der Waals surface area contributed by atoms with Gasteiger partial charge in [-0.3, -0.25) is 14.5 Å². The average Bonchev–Trinajstić information content (AvgIpc) is 2.55. The normalized spacial score (nSPS) is 16.8. The van der Waals surface area contributed by atoms with Gasteiger partial charge >= 0.3 is 12.0 Å². The summed E-state index contributed by atoms with van der Waals surface area (Å²) in [6.45, 7) is 9.33. The van der Waals surface area contributed by atoms with Gasteiger partial charge in [0.15, 0.2) is 0 Å². The van der Waals surface area contributed by atoms with Gasteiger partial charge < -0.3 is 21.1 Å². The molecule has 0 saturated carbocycles. The highest BCUT2D eigenvalue weighted by molar-refractivity contribution is 5.83. The van der Waals surface area contributed by atoms with Crippen molar-refractivity contribution in [2.45, 2.75) is 46.1 Å². The maximum atomic E-state index is 12.3. The molecule has 1 rings (SSSR count). The number of nitrogens with zero attached hydrogens (tertiary/aromatic N) is 2. The molecule has 8 heteroatoms. The largest absolute Gasteiger partial charge is 0.481 e. The van der Waals surface area contributed by atoms with Gasteiger partial charge in [-0.25, -0.2) is 4.79 Å². The van der Waals surface area contributed by atoms with Gasteiger partial charge in [0.1, 0.15) is 0 Å². The number of piperazine rings is 1. The molecule has 0 unspecified atom stereocenters. The number of carboxylic acid groups (broad SMARTS) is 1. The summed E-state index contributed by atoms with van der Waals surface area (Å²) in [6, 6.07) is -0.265. The first-order valence-electron chi connectivity index (χ1n) is 8.42. The number of hydrogen-bond donors (Lipinski definition) is 3. The number of carbonyl (C=O) groups excluding carboxylic acids is 2. The zero-order valence-corrected chi connectivity index (χ0v) is 15.1. The van der Waals surface area contributed by atoms with Crippen molar-refractivity contribution >= 4 is 17.9 Å². The molecule has 0 aromatic rings. The van der Waals surface area contributed by atoms with Crippen molar-refractivity contribution in [2.24, 2.45) is 11.1 Å². The molecule has 0 bridgehead atoms. The molecule has 0 spiro atoms. The number of carbonyl (C=O) groups is 3. The van der Waals surface area contributed by atoms with Crippen LogP contribution in [0.25, 0.3) is 0 Å². The number of urea groups is 1. The van der Waals surface area contributed by atoms with Crippen LogP contribution in [0.15, 0.2) is 0 Å². The highest BCUT2D eigenvalue weighted by Gasteiger charge is 2.37. The number of primary amides is 1. The Hall–Kier alpha value is -1.83. The highest BCUT2D eigenvalue weighted by Crippen LogP contribution is 2.25. The van der Waals surface area contributed by atoms with Crippen LogP contribution in [0.4, 0.5) is 4.79 Å². The van der Waals surface area contributed by atoms with Gasteiger partial charge in [0.25, 0.3) is 0 Å². The van der Waals surface area contributed by atoms with E-state index in [1.165, 1.54) is 0 Å². The number of nitrogens with two attached hydrogens (primary N) is 1. The van der Waals surface area contributed by atoms with E-state index in [9.17, 15) is 19.5 Å². The zero-order chi connectivity index (χ0) is 18.5. The molecule has 24 heavy (non-hydrogen) atoms. The van der Waals surface area contributed by atoms with Crippen LogP contribution in [0, 0.1) is 5.41 Å². The highest BCUT2D eigenvalue weighted by atomic mass is 16.4. The molecule has 0 aliphatic carbocycles. The number of amides is 3. The Morgan fingerprint density at radius 3 is 1.96 bits per heavy atom. The van der Waals surface area contributed by atoms with E-state index in [0.717, 1.165) is 0 Å². The Bertz CT molecular complexity index is 480. The minimum Gasteiger partial charge on any atom is -0.481 e. The molecule has 0 atom stereocenters. The number of aliphatic carboxylic acids is 1. The van der Waals surface area contributed by atoms with E-state index in [4.69, 9.17) is 5.73 Å². The van der Waals surface area contributed by atoms with Crippen LogP contribution in [-0.4, -0.2) is 71.1 Å². The Morgan fingerprint density at radius 1 is 1.08 bits per heavy atom. The van der Waals surface area contributed by atoms with Gasteiger partial charge in [0, 0.05) is 32.7 Å². The number of rotatable bonds is 7. The Labute approximate surface area is 143 Å². The molecule has 1 aliphatic heterocycles. The molecule has 0 radical (unpaired) electrons. The van der Waals surface area contributed by atoms with Gasteiger partial charge in [-0.15, -0.1) is 0 Å². The van der Waals surface area contributed by atoms with Crippen molar-refractivity contribution in [1.82, 2.24) is 15.1 Å². The molecule has 4 N–H and O–H groups in total. The first-order valence-corrected chi connectivity index (χ1v) is 8.42. The van der Waals surface area contributed by atoms with Crippen molar-refractivity contribution in [3.63, 3.8) is 0 Å². The van der Waals surface area contributed by atoms with Gasteiger partial charge in [0.05, 0.1) is 11.0 Å². The van der Waals surface area contributed by atoms with Crippen LogP contribution in [-0.2, 0) is 9.59 Å². The molecular formula is C16H30N4O4. The van der Waals surface area contributed by atoms with Crippen molar-refractivity contribution in [3.8, 4) is 0 Å². The summed E-state index contributed by atoms with van der Waals surface area (Å²) in [4.78, 5) is 38.9. The predicted octanol–water partition coefficient (Wildman–Crippen LogP) is 0.469. The maximum Gasteiger partial charge on any atom is 0.317 e. The Balaban J connectivity index is 2.58. The van der Waals surface area contributed by atoms with Crippen molar-refractivity contribution in [1.29, 1.82) is 0 Å². The third-order valence-electron chi connectivity index (χ3n) is 5.35. The lowest BCUT2D eigenvalue weighted by Gasteiger charge is -2.42. The van der Waals surface area contributed by atoms with Crippen molar-refractivity contribution < 1.29 is 19.5 Å². The Morgan fingerprint density at radius 2 is 1.58 bits per heavy atom. The number of carboxylic acids is 1. The third-order valence-corrected chi connectivity index (χ3v) is 5.35. The van der Waals surface area contributed by atoms with E-state index in [1.54, 1.807) is 18.7 Å². The summed E-state index contributed by atoms with van der Waals surface area (Å²) in [5.74, 6) is -1.28. The molecule has 8 nitrogen and oxygen atoms in total. The molecule has 0 aromatic carbocycles. The molecule has 3 amide bonds. The second-order valence-electron chi connectivity index (χ2n) is 6.85. The van der Waals surface area contributed by atoms with Crippen LogP contribution in [0.1, 0.15) is 40.5 Å². The smallest absolute Gasteiger partial charge is 0.317 e. The van der Waals surface area contributed by atoms with E-state index in [-0.39, 0.29) is 12.6 Å². The van der Waals surface area contributed by atoms with Gasteiger partial charge in [-0.05, 0) is 26.7 Å². The molecule has 1 fully saturated rings. The summed E-state index contributed by atoms with van der Waals surface area (Å²) >= 11 is 0. The molecular weight excluding hydrogens is 312 g/mol. The minimum absolute atomic E-state index is 0.112. The zero-order valence-electron chi connectivity index (χ0n) is 15.1. The first-order chi connectivity index (χ1) is 11.1. The lowest BCUT2D eigenvalue weighted by Crippen LogP contribution is -2.61. The topological polar surface area (TPSA) is 116 Å². The lowest BCUT2D eigenvalue weighted by atomic mass is 9.82. The van der Waals surface area contributed by atoms with Gasteiger partial charge in [0.2, 0.25) is 5.91 Å². The second kappa shape index (κ2) is 7.83. The van der Waals surface area contributed by atoms with Crippen LogP contribution >= 0.6 is 0 Å². The van der Waals surface area contributed by atoms with Crippen molar-refractivity contribution in [3.05, 3.63) is 0 Å². The average molecular weight is 342 g/mol. The molecule has 1 heterocycles. The fourth-order valence-electron chi connectivity index (χ4n) is 2.86. The van der Waals surface area contributed by atoms with E-state index in [2.05, 4.69) is 5.32 Å². The van der Waals surface area contributed by atoms with E-state index < -0.39 is 22.8 Å². The fraction of sp³-hybridized carbons (Fsp3) is 0.812. The summed E-state index contributed by atoms with van der Waals surface area (Å²) in [5.41, 5.74) is 3.75. The van der Waals surface area contributed by atoms with Crippen LogP contribution < -0.4 is 11.1 Å². The van der Waals surface area contributed by atoms with Crippen molar-refractivity contribution in [2.75, 3.05) is 32.7 Å². The van der Waals surface area contributed by atoms with Crippen LogP contribution in [0.5, 0.6) is 0 Å². The SMILES string of the molecule is CCC(CC)(CNC(=O)N1CCN(C(C)(C)C(N)=O)CC1)C(=O)O. The van der Waals surface area contributed by atoms with E-state index in [1.807, 2.05) is 18.7 Å². The minimum atomic E-state index is -0.925. The summed E-state index contributed by atoms with van der Waals surface area (Å²) < 4.78 is 0. The quantitative estimate of drug-likeness (QED) is 0.622. The van der Waals surface area contributed by atoms with E-state index >= 15 is 0 Å². The molecule has 0 aromatic heterocycles. The maximum absolute atomic E-state index is 12.3. The van der Waals surface area contributed by atoms with Crippen LogP contribution in [0.2, 0.25) is 0 Å². The molecule has 1 saturated heterocycles. The number of hydrogen-bond acceptors (Lipinski definition) is 4. The summed E-state index contributed by atoms with van der Waals surface area (Å²) in [6.07, 6.45) is 0.916. The molecule has 1 aliphatic rings. The Kier molecular flexibility index (Phi) is 6.59. The summed E-state index contributed by atoms with van der Waals surface area (Å²) in [7, 11) is 0. The standard InChI is InChI=1S/C16H30N4O4/c1-5-16(6-2,13(22)23)11-18-14(24)19-7-9-20(10-8-19)15(3,4)12(17)21/h5-11H2,1-4H3,(H2,17,21)(H,18,24)(H,22,23). The monoisotopic (exact) mass is 342 g/mol. The van der Waals surface area contributed by atoms with Gasteiger partial charge in [-0.1, -0.05) is 13.8 Å². The predicted molar refractivity (Wildman–Crippen MR) is 90.5 cm³/mol. The third kappa shape index (κ3) is 4.17. The second-order valence-corrected chi connectivity index (χ2v) is 6.85. The van der Waals surface area contributed by atoms with Crippen LogP contribution in [0.3, 0.4) is 0 Å². The summed E-state index contributed by atoms with van der Waals surface area (Å²) in [5, 5.41) is 12.2. The molecule has 138 valence electrons. The fourth-order valence-corrected chi connectivity index (χ4v) is 2.86. The first kappa shape index (κ1) is 20.2.